The molecule has 0 spiro atoms. The summed E-state index contributed by atoms with van der Waals surface area (Å²) in [5.41, 5.74) is -0.193. The summed E-state index contributed by atoms with van der Waals surface area (Å²) in [4.78, 5) is 35.8. The van der Waals surface area contributed by atoms with Crippen molar-refractivity contribution >= 4 is 52.2 Å². The van der Waals surface area contributed by atoms with Gasteiger partial charge < -0.3 is 13.9 Å². The Labute approximate surface area is 175 Å². The molecule has 0 atom stereocenters. The minimum atomic E-state index is -0.834. The molecule has 1 heterocycles. The third kappa shape index (κ3) is 5.04. The fraction of sp³-hybridized carbons (Fsp3) is 0.0952. The van der Waals surface area contributed by atoms with Crippen LogP contribution in [-0.2, 0) is 9.53 Å². The van der Waals surface area contributed by atoms with Crippen LogP contribution in [0.3, 0.4) is 0 Å². The lowest BCUT2D eigenvalue weighted by atomic mass is 10.2. The number of hydrogen-bond acceptors (Lipinski definition) is 6. The fourth-order valence-electron chi connectivity index (χ4n) is 2.44. The maximum absolute atomic E-state index is 12.0. The highest BCUT2D eigenvalue weighted by Gasteiger charge is 2.15. The van der Waals surface area contributed by atoms with Gasteiger partial charge in [-0.25, -0.2) is 14.4 Å². The van der Waals surface area contributed by atoms with Gasteiger partial charge in [-0.2, -0.15) is 0 Å². The van der Waals surface area contributed by atoms with Gasteiger partial charge in [-0.3, -0.25) is 0 Å². The lowest BCUT2D eigenvalue weighted by Gasteiger charge is -2.05. The molecule has 0 aliphatic heterocycles. The molecular weight excluding hydrogens is 419 g/mol. The standard InChI is InChI=1S/C21H14Cl2O6/c1-2-27-20(25)15-10-13-5-6-14(11-18(13)29-21(15)26)28-19(24)8-4-12-3-7-16(22)17(23)9-12/h3-11H,2H2,1H3/b8-4+. The second-order valence-electron chi connectivity index (χ2n) is 5.80. The van der Waals surface area contributed by atoms with E-state index in [0.29, 0.717) is 21.0 Å². The smallest absolute Gasteiger partial charge is 0.351 e. The van der Waals surface area contributed by atoms with E-state index < -0.39 is 17.6 Å². The first-order chi connectivity index (χ1) is 13.9. The second kappa shape index (κ2) is 8.94. The average molecular weight is 433 g/mol. The van der Waals surface area contributed by atoms with E-state index in [0.717, 1.165) is 0 Å². The van der Waals surface area contributed by atoms with Crippen LogP contribution < -0.4 is 10.4 Å². The molecule has 29 heavy (non-hydrogen) atoms. The van der Waals surface area contributed by atoms with Crippen LogP contribution in [0.2, 0.25) is 10.0 Å². The van der Waals surface area contributed by atoms with Crippen LogP contribution in [0, 0.1) is 0 Å². The van der Waals surface area contributed by atoms with E-state index in [9.17, 15) is 14.4 Å². The fourth-order valence-corrected chi connectivity index (χ4v) is 2.74. The first-order valence-corrected chi connectivity index (χ1v) is 9.23. The largest absolute Gasteiger partial charge is 0.462 e. The van der Waals surface area contributed by atoms with Crippen molar-refractivity contribution in [1.29, 1.82) is 0 Å². The van der Waals surface area contributed by atoms with Crippen molar-refractivity contribution in [1.82, 2.24) is 0 Å². The van der Waals surface area contributed by atoms with Crippen LogP contribution in [0.15, 0.2) is 57.8 Å². The number of esters is 2. The number of benzene rings is 2. The zero-order valence-corrected chi connectivity index (χ0v) is 16.6. The van der Waals surface area contributed by atoms with Gasteiger partial charge in [0, 0.05) is 17.5 Å². The summed E-state index contributed by atoms with van der Waals surface area (Å²) in [5.74, 6) is -1.22. The first-order valence-electron chi connectivity index (χ1n) is 8.47. The Bertz CT molecular complexity index is 1180. The number of fused-ring (bicyclic) bond motifs is 1. The van der Waals surface area contributed by atoms with E-state index in [-0.39, 0.29) is 23.5 Å². The maximum Gasteiger partial charge on any atom is 0.351 e. The SMILES string of the molecule is CCOC(=O)c1cc2ccc(OC(=O)/C=C/c3ccc(Cl)c(Cl)c3)cc2oc1=O. The molecule has 0 N–H and O–H groups in total. The summed E-state index contributed by atoms with van der Waals surface area (Å²) >= 11 is 11.8. The van der Waals surface area contributed by atoms with E-state index in [2.05, 4.69) is 0 Å². The van der Waals surface area contributed by atoms with Gasteiger partial charge in [-0.05, 0) is 48.9 Å². The Morgan fingerprint density at radius 2 is 1.86 bits per heavy atom. The number of ether oxygens (including phenoxy) is 2. The average Bonchev–Trinajstić information content (AvgIpc) is 2.68. The molecule has 0 unspecified atom stereocenters. The predicted molar refractivity (Wildman–Crippen MR) is 110 cm³/mol. The van der Waals surface area contributed by atoms with Crippen LogP contribution in [0.1, 0.15) is 22.8 Å². The summed E-state index contributed by atoms with van der Waals surface area (Å²) in [6.07, 6.45) is 2.75. The zero-order valence-electron chi connectivity index (χ0n) is 15.1. The van der Waals surface area contributed by atoms with Gasteiger partial charge in [0.2, 0.25) is 0 Å². The Hall–Kier alpha value is -3.09. The lowest BCUT2D eigenvalue weighted by Crippen LogP contribution is -2.16. The summed E-state index contributed by atoms with van der Waals surface area (Å²) in [7, 11) is 0. The van der Waals surface area contributed by atoms with Crippen molar-refractivity contribution in [3.63, 3.8) is 0 Å². The summed E-state index contributed by atoms with van der Waals surface area (Å²) in [6.45, 7) is 1.78. The third-order valence-corrected chi connectivity index (χ3v) is 4.52. The van der Waals surface area contributed by atoms with Gasteiger partial charge in [0.05, 0.1) is 16.7 Å². The Morgan fingerprint density at radius 1 is 1.07 bits per heavy atom. The van der Waals surface area contributed by atoms with Crippen LogP contribution in [0.25, 0.3) is 17.0 Å². The molecule has 0 bridgehead atoms. The van der Waals surface area contributed by atoms with Crippen LogP contribution in [0.5, 0.6) is 5.75 Å². The molecule has 0 aliphatic rings. The number of carbonyl (C=O) groups is 2. The lowest BCUT2D eigenvalue weighted by molar-refractivity contribution is -0.128. The topological polar surface area (TPSA) is 82.8 Å². The number of carbonyl (C=O) groups excluding carboxylic acids is 2. The van der Waals surface area contributed by atoms with E-state index in [1.54, 1.807) is 31.2 Å². The Kier molecular flexibility index (Phi) is 6.36. The number of halogens is 2. The minimum absolute atomic E-state index is 0.140. The maximum atomic E-state index is 12.0. The number of rotatable bonds is 5. The zero-order chi connectivity index (χ0) is 21.0. The molecule has 8 heteroatoms. The first kappa shape index (κ1) is 20.6. The van der Waals surface area contributed by atoms with E-state index in [4.69, 9.17) is 37.1 Å². The third-order valence-electron chi connectivity index (χ3n) is 3.78. The van der Waals surface area contributed by atoms with Crippen molar-refractivity contribution in [3.8, 4) is 5.75 Å². The molecule has 1 aromatic heterocycles. The summed E-state index contributed by atoms with van der Waals surface area (Å²) in [5, 5.41) is 1.27. The minimum Gasteiger partial charge on any atom is -0.462 e. The molecular formula is C21H14Cl2O6. The molecule has 0 radical (unpaired) electrons. The highest BCUT2D eigenvalue weighted by Crippen LogP contribution is 2.24. The Morgan fingerprint density at radius 3 is 2.59 bits per heavy atom. The van der Waals surface area contributed by atoms with E-state index >= 15 is 0 Å². The molecule has 148 valence electrons. The molecule has 0 saturated carbocycles. The quantitative estimate of drug-likeness (QED) is 0.247. The van der Waals surface area contributed by atoms with Crippen molar-refractivity contribution in [2.75, 3.05) is 6.61 Å². The predicted octanol–water partition coefficient (Wildman–Crippen LogP) is 4.90. The van der Waals surface area contributed by atoms with Gasteiger partial charge in [0.15, 0.2) is 0 Å². The second-order valence-corrected chi connectivity index (χ2v) is 6.61. The van der Waals surface area contributed by atoms with Crippen molar-refractivity contribution < 1.29 is 23.5 Å². The summed E-state index contributed by atoms with van der Waals surface area (Å²) < 4.78 is 15.2. The molecule has 0 fully saturated rings. The molecule has 2 aromatic carbocycles. The van der Waals surface area contributed by atoms with Crippen LogP contribution in [0.4, 0.5) is 0 Å². The highest BCUT2D eigenvalue weighted by atomic mass is 35.5. The Balaban J connectivity index is 1.77. The molecule has 0 saturated heterocycles. The van der Waals surface area contributed by atoms with Crippen molar-refractivity contribution in [2.45, 2.75) is 6.92 Å². The molecule has 3 rings (SSSR count). The highest BCUT2D eigenvalue weighted by molar-refractivity contribution is 6.42. The monoisotopic (exact) mass is 432 g/mol. The van der Waals surface area contributed by atoms with Gasteiger partial charge in [0.25, 0.3) is 0 Å². The number of hydrogen-bond donors (Lipinski definition) is 0. The van der Waals surface area contributed by atoms with Gasteiger partial charge in [-0.1, -0.05) is 29.3 Å². The van der Waals surface area contributed by atoms with E-state index in [1.165, 1.54) is 30.4 Å². The molecule has 6 nitrogen and oxygen atoms in total. The summed E-state index contributed by atoms with van der Waals surface area (Å²) in [6, 6.07) is 10.8. The van der Waals surface area contributed by atoms with Crippen molar-refractivity contribution in [3.05, 3.63) is 80.1 Å². The van der Waals surface area contributed by atoms with E-state index in [1.807, 2.05) is 0 Å². The normalized spacial score (nSPS) is 11.0. The van der Waals surface area contributed by atoms with Gasteiger partial charge >= 0.3 is 17.6 Å². The molecule has 0 amide bonds. The van der Waals surface area contributed by atoms with Crippen LogP contribution in [-0.4, -0.2) is 18.5 Å². The van der Waals surface area contributed by atoms with Gasteiger partial charge in [-0.15, -0.1) is 0 Å². The van der Waals surface area contributed by atoms with Crippen molar-refractivity contribution in [2.24, 2.45) is 0 Å². The molecule has 0 aliphatic carbocycles. The molecule has 3 aromatic rings. The van der Waals surface area contributed by atoms with Gasteiger partial charge in [0.1, 0.15) is 16.9 Å². The van der Waals surface area contributed by atoms with Crippen LogP contribution >= 0.6 is 23.2 Å².